The third kappa shape index (κ3) is 6.90. The lowest BCUT2D eigenvalue weighted by Gasteiger charge is -2.36. The molecule has 2 N–H and O–H groups in total. The van der Waals surface area contributed by atoms with Crippen LogP contribution >= 0.6 is 24.0 Å². The van der Waals surface area contributed by atoms with Crippen LogP contribution in [0, 0.1) is 6.92 Å². The van der Waals surface area contributed by atoms with Gasteiger partial charge in [-0.2, -0.15) is 0 Å². The maximum atomic E-state index is 12.5. The van der Waals surface area contributed by atoms with Crippen LogP contribution in [0.4, 0.5) is 5.69 Å². The molecule has 30 heavy (non-hydrogen) atoms. The van der Waals surface area contributed by atoms with Crippen LogP contribution in [0.15, 0.2) is 59.6 Å². The topological polar surface area (TPSA) is 60.0 Å². The van der Waals surface area contributed by atoms with Crippen molar-refractivity contribution in [3.8, 4) is 0 Å². The molecule has 0 aromatic heterocycles. The number of benzene rings is 2. The van der Waals surface area contributed by atoms with Gasteiger partial charge in [-0.05, 0) is 30.2 Å². The van der Waals surface area contributed by atoms with Crippen LogP contribution < -0.4 is 15.5 Å². The summed E-state index contributed by atoms with van der Waals surface area (Å²) in [6, 6.07) is 18.7. The van der Waals surface area contributed by atoms with Gasteiger partial charge >= 0.3 is 0 Å². The molecule has 0 bridgehead atoms. The number of anilines is 1. The molecule has 162 valence electrons. The number of aryl methyl sites for hydroxylation is 1. The fraction of sp³-hybridized carbons (Fsp3) is 0.391. The van der Waals surface area contributed by atoms with E-state index >= 15 is 0 Å². The number of rotatable bonds is 6. The van der Waals surface area contributed by atoms with Crippen molar-refractivity contribution in [2.75, 3.05) is 44.7 Å². The first kappa shape index (κ1) is 24.0. The number of amides is 1. The van der Waals surface area contributed by atoms with E-state index in [-0.39, 0.29) is 29.9 Å². The summed E-state index contributed by atoms with van der Waals surface area (Å²) in [7, 11) is 1.75. The highest BCUT2D eigenvalue weighted by atomic mass is 127. The molecule has 0 unspecified atom stereocenters. The number of piperazine rings is 1. The van der Waals surface area contributed by atoms with E-state index in [9.17, 15) is 4.79 Å². The molecule has 0 radical (unpaired) electrons. The summed E-state index contributed by atoms with van der Waals surface area (Å²) < 4.78 is 0. The second-order valence-electron chi connectivity index (χ2n) is 7.23. The summed E-state index contributed by atoms with van der Waals surface area (Å²) in [5, 5.41) is 6.56. The fourth-order valence-electron chi connectivity index (χ4n) is 3.51. The molecule has 0 atom stereocenters. The highest BCUT2D eigenvalue weighted by molar-refractivity contribution is 14.0. The molecule has 1 amide bonds. The summed E-state index contributed by atoms with van der Waals surface area (Å²) >= 11 is 0. The molecule has 1 aliphatic heterocycles. The summed E-state index contributed by atoms with van der Waals surface area (Å²) in [4.78, 5) is 21.1. The largest absolute Gasteiger partial charge is 0.368 e. The van der Waals surface area contributed by atoms with Gasteiger partial charge in [0.15, 0.2) is 5.96 Å². The van der Waals surface area contributed by atoms with Crippen LogP contribution in [-0.2, 0) is 11.3 Å². The molecule has 1 fully saturated rings. The minimum absolute atomic E-state index is 0. The van der Waals surface area contributed by atoms with E-state index in [0.29, 0.717) is 19.5 Å². The summed E-state index contributed by atoms with van der Waals surface area (Å²) in [5.41, 5.74) is 3.72. The van der Waals surface area contributed by atoms with E-state index in [1.165, 1.54) is 16.8 Å². The van der Waals surface area contributed by atoms with Crippen molar-refractivity contribution >= 4 is 41.5 Å². The minimum Gasteiger partial charge on any atom is -0.368 e. The predicted molar refractivity (Wildman–Crippen MR) is 135 cm³/mol. The molecule has 0 saturated carbocycles. The molecule has 0 aliphatic carbocycles. The molecule has 2 aromatic carbocycles. The number of hydrogen-bond donors (Lipinski definition) is 2. The number of halogens is 1. The number of guanidine groups is 1. The first-order valence-corrected chi connectivity index (χ1v) is 10.2. The Morgan fingerprint density at radius 1 is 0.967 bits per heavy atom. The number of aliphatic imine (C=N–C) groups is 1. The Bertz CT molecular complexity index is 819. The monoisotopic (exact) mass is 521 g/mol. The van der Waals surface area contributed by atoms with Crippen molar-refractivity contribution < 1.29 is 4.79 Å². The average molecular weight is 521 g/mol. The smallest absolute Gasteiger partial charge is 0.224 e. The lowest BCUT2D eigenvalue weighted by atomic mass is 10.1. The van der Waals surface area contributed by atoms with Crippen LogP contribution in [0.2, 0.25) is 0 Å². The van der Waals surface area contributed by atoms with Crippen molar-refractivity contribution in [3.63, 3.8) is 0 Å². The number of para-hydroxylation sites is 1. The maximum Gasteiger partial charge on any atom is 0.224 e. The van der Waals surface area contributed by atoms with Gasteiger partial charge in [-0.15, -0.1) is 24.0 Å². The minimum atomic E-state index is 0. The quantitative estimate of drug-likeness (QED) is 0.349. The standard InChI is InChI=1S/C23H31N5O.HI/c1-19-8-6-7-9-20(19)18-26-23(24-2)25-13-12-22(29)28-16-14-27(15-17-28)21-10-4-3-5-11-21;/h3-11H,12-18H2,1-2H3,(H2,24,25,26);1H. The number of carbonyl (C=O) groups excluding carboxylic acids is 1. The zero-order valence-electron chi connectivity index (χ0n) is 17.8. The van der Waals surface area contributed by atoms with Gasteiger partial charge in [0.25, 0.3) is 0 Å². The van der Waals surface area contributed by atoms with Gasteiger partial charge < -0.3 is 20.4 Å². The van der Waals surface area contributed by atoms with Crippen molar-refractivity contribution in [2.24, 2.45) is 4.99 Å². The Morgan fingerprint density at radius 3 is 2.30 bits per heavy atom. The summed E-state index contributed by atoms with van der Waals surface area (Å²) in [6.45, 7) is 6.68. The molecule has 1 aliphatic rings. The van der Waals surface area contributed by atoms with Crippen LogP contribution in [0.5, 0.6) is 0 Å². The van der Waals surface area contributed by atoms with E-state index < -0.39 is 0 Å². The summed E-state index contributed by atoms with van der Waals surface area (Å²) in [5.74, 6) is 0.912. The Hall–Kier alpha value is -2.29. The molecule has 6 nitrogen and oxygen atoms in total. The van der Waals surface area contributed by atoms with Crippen molar-refractivity contribution in [2.45, 2.75) is 19.9 Å². The van der Waals surface area contributed by atoms with Crippen LogP contribution in [0.3, 0.4) is 0 Å². The molecule has 2 aromatic rings. The Kier molecular flexibility index (Phi) is 9.93. The highest BCUT2D eigenvalue weighted by Crippen LogP contribution is 2.15. The molecule has 7 heteroatoms. The average Bonchev–Trinajstić information content (AvgIpc) is 2.77. The molecular formula is C23H32IN5O. The highest BCUT2D eigenvalue weighted by Gasteiger charge is 2.20. The van der Waals surface area contributed by atoms with Crippen LogP contribution in [-0.4, -0.2) is 56.5 Å². The van der Waals surface area contributed by atoms with Gasteiger partial charge in [-0.1, -0.05) is 42.5 Å². The van der Waals surface area contributed by atoms with Crippen LogP contribution in [0.25, 0.3) is 0 Å². The molecule has 1 saturated heterocycles. The first-order valence-electron chi connectivity index (χ1n) is 10.2. The Labute approximate surface area is 196 Å². The second-order valence-corrected chi connectivity index (χ2v) is 7.23. The fourth-order valence-corrected chi connectivity index (χ4v) is 3.51. The lowest BCUT2D eigenvalue weighted by molar-refractivity contribution is -0.131. The van der Waals surface area contributed by atoms with E-state index in [1.54, 1.807) is 7.05 Å². The van der Waals surface area contributed by atoms with E-state index in [0.717, 1.165) is 32.1 Å². The van der Waals surface area contributed by atoms with Crippen molar-refractivity contribution in [1.82, 2.24) is 15.5 Å². The second kappa shape index (κ2) is 12.4. The van der Waals surface area contributed by atoms with Crippen molar-refractivity contribution in [1.29, 1.82) is 0 Å². The normalized spacial score (nSPS) is 14.1. The van der Waals surface area contributed by atoms with Gasteiger partial charge in [0.1, 0.15) is 0 Å². The van der Waals surface area contributed by atoms with Gasteiger partial charge in [0, 0.05) is 58.4 Å². The Morgan fingerprint density at radius 2 is 1.63 bits per heavy atom. The number of carbonyl (C=O) groups is 1. The third-order valence-corrected chi connectivity index (χ3v) is 5.32. The number of nitrogens with one attached hydrogen (secondary N) is 2. The third-order valence-electron chi connectivity index (χ3n) is 5.32. The first-order chi connectivity index (χ1) is 14.2. The zero-order valence-corrected chi connectivity index (χ0v) is 20.1. The summed E-state index contributed by atoms with van der Waals surface area (Å²) in [6.07, 6.45) is 0.469. The van der Waals surface area contributed by atoms with Crippen molar-refractivity contribution in [3.05, 3.63) is 65.7 Å². The van der Waals surface area contributed by atoms with E-state index in [2.05, 4.69) is 63.8 Å². The molecule has 3 rings (SSSR count). The number of nitrogens with zero attached hydrogens (tertiary/aromatic N) is 3. The van der Waals surface area contributed by atoms with Gasteiger partial charge in [0.05, 0.1) is 0 Å². The Balaban J connectivity index is 0.00000320. The van der Waals surface area contributed by atoms with Crippen LogP contribution in [0.1, 0.15) is 17.5 Å². The van der Waals surface area contributed by atoms with Gasteiger partial charge in [0.2, 0.25) is 5.91 Å². The molecular weight excluding hydrogens is 489 g/mol. The molecule has 1 heterocycles. The number of hydrogen-bond acceptors (Lipinski definition) is 3. The van der Waals surface area contributed by atoms with E-state index in [1.807, 2.05) is 23.1 Å². The molecule has 0 spiro atoms. The van der Waals surface area contributed by atoms with Gasteiger partial charge in [-0.25, -0.2) is 0 Å². The van der Waals surface area contributed by atoms with E-state index in [4.69, 9.17) is 0 Å². The lowest BCUT2D eigenvalue weighted by Crippen LogP contribution is -2.49. The predicted octanol–water partition coefficient (Wildman–Crippen LogP) is 3.02. The SMILES string of the molecule is CN=C(NCCC(=O)N1CCN(c2ccccc2)CC1)NCc1ccccc1C.I. The maximum absolute atomic E-state index is 12.5. The zero-order chi connectivity index (χ0) is 20.5. The van der Waals surface area contributed by atoms with Gasteiger partial charge in [-0.3, -0.25) is 9.79 Å².